The number of halogens is 1. The number of hydrogen-bond donors (Lipinski definition) is 0. The number of aryl methyl sites for hydroxylation is 2. The fourth-order valence-electron chi connectivity index (χ4n) is 7.49. The van der Waals surface area contributed by atoms with Gasteiger partial charge in [-0.3, -0.25) is 0 Å². The van der Waals surface area contributed by atoms with Crippen molar-refractivity contribution in [2.45, 2.75) is 85.5 Å². The molecule has 0 radical (unpaired) electrons. The summed E-state index contributed by atoms with van der Waals surface area (Å²) >= 11 is 3.08. The van der Waals surface area contributed by atoms with Crippen LogP contribution in [0.25, 0.3) is 64.9 Å². The smallest absolute Gasteiger partial charge is 0.131 e. The molecule has 2 aromatic heterocycles. The summed E-state index contributed by atoms with van der Waals surface area (Å²) in [6.45, 7) is 9.13. The third kappa shape index (κ3) is 7.77. The van der Waals surface area contributed by atoms with Gasteiger partial charge in [0.15, 0.2) is 0 Å². The van der Waals surface area contributed by atoms with Crippen molar-refractivity contribution >= 4 is 44.9 Å². The van der Waals surface area contributed by atoms with Crippen molar-refractivity contribution in [3.05, 3.63) is 120 Å². The maximum Gasteiger partial charge on any atom is 0.131 e. The molecule has 0 aliphatic carbocycles. The van der Waals surface area contributed by atoms with Gasteiger partial charge in [-0.15, -0.1) is 11.3 Å². The molecule has 0 fully saturated rings. The van der Waals surface area contributed by atoms with E-state index in [4.69, 9.17) is 8.75 Å². The lowest BCUT2D eigenvalue weighted by Crippen LogP contribution is -2.01. The molecule has 5 heteroatoms. The molecule has 0 spiro atoms. The molecule has 0 saturated heterocycles. The summed E-state index contributed by atoms with van der Waals surface area (Å²) in [6.07, 6.45) is 10.6. The van der Waals surface area contributed by atoms with Gasteiger partial charge in [0.2, 0.25) is 0 Å². The third-order valence-electron chi connectivity index (χ3n) is 11.0. The third-order valence-corrected chi connectivity index (χ3v) is 12.7. The van der Waals surface area contributed by atoms with Crippen LogP contribution in [0.15, 0.2) is 103 Å². The molecule has 2 heterocycles. The average Bonchev–Trinajstić information content (AvgIpc) is 3.87. The number of rotatable bonds is 15. The Balaban J connectivity index is 1.17. The van der Waals surface area contributed by atoms with E-state index in [1.807, 2.05) is 29.5 Å². The van der Waals surface area contributed by atoms with Gasteiger partial charge < -0.3 is 0 Å². The highest BCUT2D eigenvalue weighted by Gasteiger charge is 2.21. The Morgan fingerprint density at radius 1 is 0.615 bits per heavy atom. The number of fused-ring (bicyclic) bond motifs is 2. The maximum absolute atomic E-state index is 15.5. The van der Waals surface area contributed by atoms with Crippen molar-refractivity contribution in [3.8, 4) is 43.1 Å². The summed E-state index contributed by atoms with van der Waals surface area (Å²) < 4.78 is 25.3. The van der Waals surface area contributed by atoms with Crippen molar-refractivity contribution in [1.29, 1.82) is 0 Å². The zero-order valence-corrected chi connectivity index (χ0v) is 32.6. The molecular formula is C47H49FN2S2. The second kappa shape index (κ2) is 16.7. The van der Waals surface area contributed by atoms with Crippen LogP contribution in [0.2, 0.25) is 0 Å². The van der Waals surface area contributed by atoms with Gasteiger partial charge in [0.25, 0.3) is 0 Å². The lowest BCUT2D eigenvalue weighted by Gasteiger charge is -2.15. The number of thiophene rings is 1. The summed E-state index contributed by atoms with van der Waals surface area (Å²) in [5, 5.41) is 2.31. The maximum atomic E-state index is 15.5. The monoisotopic (exact) mass is 724 g/mol. The lowest BCUT2D eigenvalue weighted by molar-refractivity contribution is 0.421. The van der Waals surface area contributed by atoms with E-state index in [1.54, 1.807) is 6.07 Å². The van der Waals surface area contributed by atoms with Gasteiger partial charge in [-0.25, -0.2) is 4.39 Å². The zero-order valence-electron chi connectivity index (χ0n) is 30.9. The van der Waals surface area contributed by atoms with E-state index in [-0.39, 0.29) is 5.82 Å². The standard InChI is InChI=1S/C47H49FN2S2/c1-5-8-11-32(7-3)16-17-34-20-27-38(41(48)30-34)35-23-25-37(26-24-35)44-39-12-9-10-13-40(39)45(47-46(44)49-52-50-47)43-29-28-42(51-43)36-21-18-33(19-22-36)15-14-31(4)6-2/h9-10,12-13,18-32H,5-8,11,14-17H2,1-4H3. The second-order valence-electron chi connectivity index (χ2n) is 14.5. The Labute approximate surface area is 317 Å². The van der Waals surface area contributed by atoms with Crippen LogP contribution in [-0.2, 0) is 12.8 Å². The molecule has 0 bridgehead atoms. The first-order chi connectivity index (χ1) is 25.5. The lowest BCUT2D eigenvalue weighted by atomic mass is 9.91. The van der Waals surface area contributed by atoms with Gasteiger partial charge >= 0.3 is 0 Å². The Bertz CT molecular complexity index is 2250. The first kappa shape index (κ1) is 36.2. The average molecular weight is 725 g/mol. The van der Waals surface area contributed by atoms with Crippen LogP contribution in [0.5, 0.6) is 0 Å². The van der Waals surface area contributed by atoms with Crippen molar-refractivity contribution in [3.63, 3.8) is 0 Å². The normalized spacial score (nSPS) is 12.9. The minimum atomic E-state index is -0.152. The molecule has 0 aliphatic rings. The topological polar surface area (TPSA) is 25.8 Å². The molecule has 266 valence electrons. The van der Waals surface area contributed by atoms with Crippen LogP contribution in [-0.4, -0.2) is 8.75 Å². The van der Waals surface area contributed by atoms with E-state index in [9.17, 15) is 0 Å². The highest BCUT2D eigenvalue weighted by Crippen LogP contribution is 2.46. The minimum Gasteiger partial charge on any atom is -0.206 e. The van der Waals surface area contributed by atoms with Crippen LogP contribution in [0, 0.1) is 17.7 Å². The largest absolute Gasteiger partial charge is 0.206 e. The molecule has 2 atom stereocenters. The molecular weight excluding hydrogens is 676 g/mol. The molecule has 0 amide bonds. The Kier molecular flexibility index (Phi) is 11.6. The second-order valence-corrected chi connectivity index (χ2v) is 16.1. The number of hydrogen-bond acceptors (Lipinski definition) is 4. The van der Waals surface area contributed by atoms with E-state index >= 15 is 4.39 Å². The van der Waals surface area contributed by atoms with E-state index in [1.165, 1.54) is 71.1 Å². The quantitative estimate of drug-likeness (QED) is 0.105. The van der Waals surface area contributed by atoms with E-state index in [2.05, 4.69) is 107 Å². The molecule has 7 aromatic rings. The SMILES string of the molecule is CCCCC(CC)CCc1ccc(-c2ccc(-c3c4ccccc4c(-c4ccc(-c5ccc(CCC(C)CC)cc5)s4)c4nsnc34)cc2)c(F)c1. The summed E-state index contributed by atoms with van der Waals surface area (Å²) in [5.41, 5.74) is 10.4. The van der Waals surface area contributed by atoms with Crippen LogP contribution in [0.3, 0.4) is 0 Å². The van der Waals surface area contributed by atoms with Crippen molar-refractivity contribution in [2.24, 2.45) is 11.8 Å². The molecule has 0 N–H and O–H groups in total. The number of benzene rings is 5. The first-order valence-corrected chi connectivity index (χ1v) is 20.8. The van der Waals surface area contributed by atoms with Gasteiger partial charge in [0, 0.05) is 26.4 Å². The Hall–Kier alpha value is -4.19. The zero-order chi connectivity index (χ0) is 36.0. The fourth-order valence-corrected chi connectivity index (χ4v) is 9.12. The summed E-state index contributed by atoms with van der Waals surface area (Å²) in [5.74, 6) is 1.32. The predicted octanol–water partition coefficient (Wildman–Crippen LogP) is 14.8. The van der Waals surface area contributed by atoms with Crippen molar-refractivity contribution < 1.29 is 4.39 Å². The van der Waals surface area contributed by atoms with Crippen molar-refractivity contribution in [2.75, 3.05) is 0 Å². The number of unbranched alkanes of at least 4 members (excludes halogenated alkanes) is 1. The molecule has 52 heavy (non-hydrogen) atoms. The fraction of sp³-hybridized carbons (Fsp3) is 0.319. The molecule has 0 saturated carbocycles. The van der Waals surface area contributed by atoms with Gasteiger partial charge in [-0.2, -0.15) is 8.75 Å². The summed E-state index contributed by atoms with van der Waals surface area (Å²) in [6, 6.07) is 36.3. The van der Waals surface area contributed by atoms with E-state index in [0.717, 1.165) is 80.7 Å². The number of nitrogens with zero attached hydrogens (tertiary/aromatic N) is 2. The van der Waals surface area contributed by atoms with Gasteiger partial charge in [0.1, 0.15) is 16.9 Å². The van der Waals surface area contributed by atoms with Gasteiger partial charge in [-0.1, -0.05) is 145 Å². The van der Waals surface area contributed by atoms with Crippen LogP contribution >= 0.6 is 23.1 Å². The minimum absolute atomic E-state index is 0.152. The summed E-state index contributed by atoms with van der Waals surface area (Å²) in [7, 11) is 0. The predicted molar refractivity (Wildman–Crippen MR) is 224 cm³/mol. The van der Waals surface area contributed by atoms with Crippen LogP contribution in [0.1, 0.15) is 83.8 Å². The number of aromatic nitrogens is 2. The van der Waals surface area contributed by atoms with E-state index in [0.29, 0.717) is 5.56 Å². The molecule has 2 unspecified atom stereocenters. The summed E-state index contributed by atoms with van der Waals surface area (Å²) in [4.78, 5) is 2.44. The van der Waals surface area contributed by atoms with Crippen LogP contribution < -0.4 is 0 Å². The Morgan fingerprint density at radius 2 is 1.25 bits per heavy atom. The molecule has 2 nitrogen and oxygen atoms in total. The first-order valence-electron chi connectivity index (χ1n) is 19.2. The van der Waals surface area contributed by atoms with E-state index < -0.39 is 0 Å². The molecule has 7 rings (SSSR count). The molecule has 0 aliphatic heterocycles. The highest BCUT2D eigenvalue weighted by atomic mass is 32.1. The van der Waals surface area contributed by atoms with Gasteiger partial charge in [-0.05, 0) is 94.3 Å². The van der Waals surface area contributed by atoms with Crippen LogP contribution in [0.4, 0.5) is 4.39 Å². The Morgan fingerprint density at radius 3 is 1.94 bits per heavy atom. The van der Waals surface area contributed by atoms with Gasteiger partial charge in [0.05, 0.1) is 11.7 Å². The molecule has 5 aromatic carbocycles. The highest BCUT2D eigenvalue weighted by molar-refractivity contribution is 7.19. The van der Waals surface area contributed by atoms with Crippen molar-refractivity contribution in [1.82, 2.24) is 8.75 Å².